The van der Waals surface area contributed by atoms with E-state index in [1.807, 2.05) is 18.2 Å². The molecular formula is C19H17NO4. The third kappa shape index (κ3) is 3.93. The van der Waals surface area contributed by atoms with Gasteiger partial charge in [-0.25, -0.2) is 0 Å². The molecule has 0 radical (unpaired) electrons. The number of nitrogens with zero attached hydrogens (tertiary/aromatic N) is 1. The molecule has 0 amide bonds. The highest BCUT2D eigenvalue weighted by Crippen LogP contribution is 2.31. The normalized spacial score (nSPS) is 10.7. The summed E-state index contributed by atoms with van der Waals surface area (Å²) < 4.78 is 15.6. The molecular weight excluding hydrogens is 306 g/mol. The van der Waals surface area contributed by atoms with Gasteiger partial charge in [0.15, 0.2) is 11.5 Å². The molecule has 0 fully saturated rings. The van der Waals surface area contributed by atoms with Crippen LogP contribution < -0.4 is 14.2 Å². The SMILES string of the molecule is COc1cc(/C=C(/C#N)c2ccccc2OC)ccc1OC(C)=O. The number of methoxy groups -OCH3 is 2. The fourth-order valence-electron chi connectivity index (χ4n) is 2.22. The molecule has 0 spiro atoms. The van der Waals surface area contributed by atoms with Crippen LogP contribution in [-0.4, -0.2) is 20.2 Å². The minimum Gasteiger partial charge on any atom is -0.496 e. The molecule has 0 aliphatic rings. The summed E-state index contributed by atoms with van der Waals surface area (Å²) in [6.07, 6.45) is 1.72. The van der Waals surface area contributed by atoms with E-state index in [9.17, 15) is 10.1 Å². The maximum Gasteiger partial charge on any atom is 0.308 e. The molecule has 0 aliphatic carbocycles. The van der Waals surface area contributed by atoms with E-state index in [0.717, 1.165) is 5.56 Å². The monoisotopic (exact) mass is 323 g/mol. The summed E-state index contributed by atoms with van der Waals surface area (Å²) in [6.45, 7) is 1.32. The Kier molecular flexibility index (Phi) is 5.58. The molecule has 0 N–H and O–H groups in total. The van der Waals surface area contributed by atoms with Gasteiger partial charge in [-0.1, -0.05) is 18.2 Å². The van der Waals surface area contributed by atoms with E-state index in [2.05, 4.69) is 6.07 Å². The molecule has 122 valence electrons. The van der Waals surface area contributed by atoms with Crippen LogP contribution in [0.2, 0.25) is 0 Å². The molecule has 0 saturated heterocycles. The predicted molar refractivity (Wildman–Crippen MR) is 90.8 cm³/mol. The zero-order valence-corrected chi connectivity index (χ0v) is 13.7. The first-order valence-electron chi connectivity index (χ1n) is 7.20. The van der Waals surface area contributed by atoms with Crippen molar-refractivity contribution in [1.82, 2.24) is 0 Å². The minimum absolute atomic E-state index is 0.331. The van der Waals surface area contributed by atoms with Gasteiger partial charge in [-0.2, -0.15) is 5.26 Å². The number of carbonyl (C=O) groups excluding carboxylic acids is 1. The van der Waals surface area contributed by atoms with E-state index in [4.69, 9.17) is 14.2 Å². The maximum atomic E-state index is 11.1. The average molecular weight is 323 g/mol. The Morgan fingerprint density at radius 2 is 1.75 bits per heavy atom. The molecule has 0 saturated carbocycles. The maximum absolute atomic E-state index is 11.1. The Morgan fingerprint density at radius 3 is 2.38 bits per heavy atom. The van der Waals surface area contributed by atoms with Gasteiger partial charge in [-0.3, -0.25) is 4.79 Å². The largest absolute Gasteiger partial charge is 0.496 e. The fraction of sp³-hybridized carbons (Fsp3) is 0.158. The van der Waals surface area contributed by atoms with E-state index >= 15 is 0 Å². The van der Waals surface area contributed by atoms with Crippen molar-refractivity contribution in [3.63, 3.8) is 0 Å². The van der Waals surface area contributed by atoms with Crippen molar-refractivity contribution in [3.05, 3.63) is 53.6 Å². The van der Waals surface area contributed by atoms with E-state index in [-0.39, 0.29) is 0 Å². The van der Waals surface area contributed by atoms with Crippen LogP contribution in [0.5, 0.6) is 17.2 Å². The highest BCUT2D eigenvalue weighted by Gasteiger charge is 2.10. The molecule has 5 nitrogen and oxygen atoms in total. The van der Waals surface area contributed by atoms with E-state index in [1.165, 1.54) is 14.0 Å². The van der Waals surface area contributed by atoms with Crippen molar-refractivity contribution in [2.45, 2.75) is 6.92 Å². The Morgan fingerprint density at radius 1 is 1.04 bits per heavy atom. The van der Waals surface area contributed by atoms with Crippen molar-refractivity contribution >= 4 is 17.6 Å². The number of esters is 1. The first-order chi connectivity index (χ1) is 11.6. The standard InChI is InChI=1S/C19H17NO4/c1-13(21)24-18-9-8-14(11-19(18)23-3)10-15(12-20)16-6-4-5-7-17(16)22-2/h4-11H,1-3H3/b15-10-. The summed E-state index contributed by atoms with van der Waals surface area (Å²) in [5.74, 6) is 0.936. The topological polar surface area (TPSA) is 68.6 Å². The van der Waals surface area contributed by atoms with E-state index < -0.39 is 5.97 Å². The van der Waals surface area contributed by atoms with Gasteiger partial charge < -0.3 is 14.2 Å². The van der Waals surface area contributed by atoms with Crippen LogP contribution in [0.15, 0.2) is 42.5 Å². The first kappa shape index (κ1) is 17.1. The molecule has 0 bridgehead atoms. The lowest BCUT2D eigenvalue weighted by Crippen LogP contribution is -2.03. The van der Waals surface area contributed by atoms with Gasteiger partial charge in [0.1, 0.15) is 5.75 Å². The zero-order valence-electron chi connectivity index (χ0n) is 13.7. The van der Waals surface area contributed by atoms with Crippen molar-refractivity contribution in [2.75, 3.05) is 14.2 Å². The minimum atomic E-state index is -0.427. The fourth-order valence-corrected chi connectivity index (χ4v) is 2.22. The molecule has 0 atom stereocenters. The predicted octanol–water partition coefficient (Wildman–Crippen LogP) is 3.69. The van der Waals surface area contributed by atoms with Crippen molar-refractivity contribution in [2.24, 2.45) is 0 Å². The van der Waals surface area contributed by atoms with Gasteiger partial charge in [-0.15, -0.1) is 0 Å². The van der Waals surface area contributed by atoms with Gasteiger partial charge >= 0.3 is 5.97 Å². The number of carbonyl (C=O) groups is 1. The molecule has 0 heterocycles. The number of rotatable bonds is 5. The smallest absolute Gasteiger partial charge is 0.308 e. The summed E-state index contributed by atoms with van der Waals surface area (Å²) >= 11 is 0. The quantitative estimate of drug-likeness (QED) is 0.363. The number of para-hydroxylation sites is 1. The van der Waals surface area contributed by atoms with Crippen LogP contribution in [0.1, 0.15) is 18.1 Å². The number of nitriles is 1. The second-order valence-corrected chi connectivity index (χ2v) is 4.87. The third-order valence-corrected chi connectivity index (χ3v) is 3.27. The third-order valence-electron chi connectivity index (χ3n) is 3.27. The molecule has 2 rings (SSSR count). The van der Waals surface area contributed by atoms with Crippen LogP contribution in [-0.2, 0) is 4.79 Å². The van der Waals surface area contributed by atoms with Gasteiger partial charge in [0.25, 0.3) is 0 Å². The van der Waals surface area contributed by atoms with Crippen molar-refractivity contribution in [1.29, 1.82) is 5.26 Å². The number of ether oxygens (including phenoxy) is 3. The summed E-state index contributed by atoms with van der Waals surface area (Å²) in [7, 11) is 3.05. The van der Waals surface area contributed by atoms with Crippen LogP contribution in [0.25, 0.3) is 11.6 Å². The van der Waals surface area contributed by atoms with Gasteiger partial charge in [0.05, 0.1) is 25.9 Å². The highest BCUT2D eigenvalue weighted by atomic mass is 16.6. The number of benzene rings is 2. The summed E-state index contributed by atoms with van der Waals surface area (Å²) in [6, 6.07) is 14.5. The lowest BCUT2D eigenvalue weighted by Gasteiger charge is -2.10. The molecule has 24 heavy (non-hydrogen) atoms. The van der Waals surface area contributed by atoms with Gasteiger partial charge in [0.2, 0.25) is 0 Å². The number of hydrogen-bond donors (Lipinski definition) is 0. The van der Waals surface area contributed by atoms with E-state index in [1.54, 1.807) is 37.5 Å². The van der Waals surface area contributed by atoms with Crippen molar-refractivity contribution in [3.8, 4) is 23.3 Å². The van der Waals surface area contributed by atoms with E-state index in [0.29, 0.717) is 28.4 Å². The molecule has 2 aromatic rings. The molecule has 5 heteroatoms. The lowest BCUT2D eigenvalue weighted by molar-refractivity contribution is -0.132. The van der Waals surface area contributed by atoms with Crippen LogP contribution >= 0.6 is 0 Å². The molecule has 2 aromatic carbocycles. The lowest BCUT2D eigenvalue weighted by atomic mass is 10.0. The van der Waals surface area contributed by atoms with Crippen LogP contribution in [0.3, 0.4) is 0 Å². The molecule has 0 aliphatic heterocycles. The number of allylic oxidation sites excluding steroid dienone is 1. The highest BCUT2D eigenvalue weighted by molar-refractivity contribution is 5.91. The first-order valence-corrected chi connectivity index (χ1v) is 7.20. The summed E-state index contributed by atoms with van der Waals surface area (Å²) in [5, 5.41) is 9.49. The second-order valence-electron chi connectivity index (χ2n) is 4.87. The summed E-state index contributed by atoms with van der Waals surface area (Å²) in [4.78, 5) is 11.1. The summed E-state index contributed by atoms with van der Waals surface area (Å²) in [5.41, 5.74) is 1.89. The van der Waals surface area contributed by atoms with Crippen molar-refractivity contribution < 1.29 is 19.0 Å². The Bertz CT molecular complexity index is 818. The Labute approximate surface area is 140 Å². The second kappa shape index (κ2) is 7.84. The van der Waals surface area contributed by atoms with Crippen LogP contribution in [0.4, 0.5) is 0 Å². The molecule has 0 unspecified atom stereocenters. The molecule has 0 aromatic heterocycles. The Balaban J connectivity index is 2.45. The average Bonchev–Trinajstić information content (AvgIpc) is 2.60. The Hall–Kier alpha value is -3.26. The van der Waals surface area contributed by atoms with Gasteiger partial charge in [-0.05, 0) is 35.9 Å². The van der Waals surface area contributed by atoms with Gasteiger partial charge in [0, 0.05) is 12.5 Å². The van der Waals surface area contributed by atoms with Crippen LogP contribution in [0, 0.1) is 11.3 Å². The zero-order chi connectivity index (χ0) is 17.5. The number of hydrogen-bond acceptors (Lipinski definition) is 5.